The van der Waals surface area contributed by atoms with Crippen LogP contribution < -0.4 is 10.6 Å². The summed E-state index contributed by atoms with van der Waals surface area (Å²) in [6, 6.07) is 28.8. The maximum absolute atomic E-state index is 14.4. The Morgan fingerprint density at radius 2 is 1.12 bits per heavy atom. The minimum Gasteiger partial charge on any atom is -0.313 e. The molecule has 0 N–H and O–H groups in total. The normalized spacial score (nSPS) is 12.5. The van der Waals surface area contributed by atoms with E-state index in [4.69, 9.17) is 11.6 Å². The number of allylic oxidation sites excluding steroid dienone is 1. The molecule has 1 atom stereocenters. The zero-order valence-corrected chi connectivity index (χ0v) is 14.8. The number of hydrogen-bond donors (Lipinski definition) is 0. The lowest BCUT2D eigenvalue weighted by atomic mass is 10.1. The van der Waals surface area contributed by atoms with E-state index in [-0.39, 0.29) is 0 Å². The SMILES string of the molecule is C=C(Cl)C(c1ccccc1)P(=O)(c1ccccc1)c1ccccc1. The summed E-state index contributed by atoms with van der Waals surface area (Å²) >= 11 is 6.40. The van der Waals surface area contributed by atoms with Gasteiger partial charge in [0.05, 0.1) is 5.66 Å². The van der Waals surface area contributed by atoms with Crippen molar-refractivity contribution in [2.45, 2.75) is 5.66 Å². The Balaban J connectivity index is 2.28. The van der Waals surface area contributed by atoms with Crippen molar-refractivity contribution in [2.75, 3.05) is 0 Å². The highest BCUT2D eigenvalue weighted by atomic mass is 35.5. The Bertz CT molecular complexity index is 817. The number of halogens is 1. The Morgan fingerprint density at radius 3 is 1.50 bits per heavy atom. The van der Waals surface area contributed by atoms with Crippen LogP contribution in [0.25, 0.3) is 0 Å². The van der Waals surface area contributed by atoms with Crippen LogP contribution in [-0.4, -0.2) is 0 Å². The second kappa shape index (κ2) is 7.21. The van der Waals surface area contributed by atoms with Crippen LogP contribution in [-0.2, 0) is 4.57 Å². The highest BCUT2D eigenvalue weighted by Crippen LogP contribution is 2.60. The van der Waals surface area contributed by atoms with Crippen LogP contribution in [0.15, 0.2) is 103 Å². The lowest BCUT2D eigenvalue weighted by Gasteiger charge is -2.28. The third kappa shape index (κ3) is 3.11. The largest absolute Gasteiger partial charge is 0.313 e. The maximum atomic E-state index is 14.4. The van der Waals surface area contributed by atoms with Gasteiger partial charge in [0.25, 0.3) is 0 Å². The molecule has 24 heavy (non-hydrogen) atoms. The molecule has 0 radical (unpaired) electrons. The molecule has 0 heterocycles. The second-order valence-electron chi connectivity index (χ2n) is 5.59. The van der Waals surface area contributed by atoms with Gasteiger partial charge in [-0.25, -0.2) is 0 Å². The minimum absolute atomic E-state index is 0.386. The zero-order chi connectivity index (χ0) is 17.0. The van der Waals surface area contributed by atoms with Crippen molar-refractivity contribution >= 4 is 29.4 Å². The monoisotopic (exact) mass is 352 g/mol. The molecule has 0 aliphatic carbocycles. The van der Waals surface area contributed by atoms with Crippen LogP contribution in [0.1, 0.15) is 11.2 Å². The average Bonchev–Trinajstić information content (AvgIpc) is 2.64. The Morgan fingerprint density at radius 1 is 0.750 bits per heavy atom. The lowest BCUT2D eigenvalue weighted by molar-refractivity contribution is 0.583. The first-order valence-corrected chi connectivity index (χ1v) is 9.89. The van der Waals surface area contributed by atoms with Gasteiger partial charge in [0, 0.05) is 15.6 Å². The van der Waals surface area contributed by atoms with Crippen LogP contribution in [0.4, 0.5) is 0 Å². The standard InChI is InChI=1S/C21H18ClOP/c1-17(22)21(18-11-5-2-6-12-18)24(23,19-13-7-3-8-14-19)20-15-9-4-10-16-20/h2-16,21H,1H2. The molecule has 0 fully saturated rings. The van der Waals surface area contributed by atoms with Crippen LogP contribution in [0, 0.1) is 0 Å². The van der Waals surface area contributed by atoms with Crippen LogP contribution in [0.3, 0.4) is 0 Å². The molecule has 3 heteroatoms. The highest BCUT2D eigenvalue weighted by molar-refractivity contribution is 7.79. The van der Waals surface area contributed by atoms with Gasteiger partial charge in [-0.2, -0.15) is 0 Å². The number of rotatable bonds is 5. The van der Waals surface area contributed by atoms with Gasteiger partial charge in [-0.05, 0) is 5.56 Å². The average molecular weight is 353 g/mol. The highest BCUT2D eigenvalue weighted by Gasteiger charge is 2.38. The van der Waals surface area contributed by atoms with E-state index in [1.54, 1.807) is 0 Å². The van der Waals surface area contributed by atoms with E-state index in [1.165, 1.54) is 0 Å². The van der Waals surface area contributed by atoms with Crippen molar-refractivity contribution in [1.29, 1.82) is 0 Å². The van der Waals surface area contributed by atoms with Crippen LogP contribution in [0.2, 0.25) is 0 Å². The fourth-order valence-electron chi connectivity index (χ4n) is 2.97. The van der Waals surface area contributed by atoms with E-state index >= 15 is 0 Å². The smallest absolute Gasteiger partial charge is 0.155 e. The van der Waals surface area contributed by atoms with Gasteiger partial charge in [-0.1, -0.05) is 109 Å². The first-order valence-electron chi connectivity index (χ1n) is 7.74. The quantitative estimate of drug-likeness (QED) is 0.554. The van der Waals surface area contributed by atoms with E-state index < -0.39 is 12.8 Å². The van der Waals surface area contributed by atoms with Gasteiger partial charge >= 0.3 is 0 Å². The zero-order valence-electron chi connectivity index (χ0n) is 13.2. The van der Waals surface area contributed by atoms with Crippen molar-refractivity contribution in [3.05, 3.63) is 108 Å². The summed E-state index contributed by atoms with van der Waals surface area (Å²) in [5.41, 5.74) is 0.443. The molecular weight excluding hydrogens is 335 g/mol. The Labute approximate surface area is 148 Å². The second-order valence-corrected chi connectivity index (χ2v) is 8.94. The van der Waals surface area contributed by atoms with E-state index in [0.29, 0.717) is 5.03 Å². The van der Waals surface area contributed by atoms with E-state index in [9.17, 15) is 4.57 Å². The maximum Gasteiger partial charge on any atom is 0.155 e. The first kappa shape index (κ1) is 16.8. The predicted octanol–water partition coefficient (Wildman–Crippen LogP) is 5.49. The molecular formula is C21H18ClOP. The van der Waals surface area contributed by atoms with Crippen LogP contribution in [0.5, 0.6) is 0 Å². The van der Waals surface area contributed by atoms with Crippen molar-refractivity contribution < 1.29 is 4.57 Å². The molecule has 0 saturated heterocycles. The van der Waals surface area contributed by atoms with Gasteiger partial charge in [0.1, 0.15) is 0 Å². The molecule has 0 saturated carbocycles. The third-order valence-electron chi connectivity index (χ3n) is 4.06. The molecule has 3 aromatic rings. The summed E-state index contributed by atoms with van der Waals surface area (Å²) in [5.74, 6) is 0. The minimum atomic E-state index is -3.04. The molecule has 0 aliphatic heterocycles. The summed E-state index contributed by atoms with van der Waals surface area (Å²) in [7, 11) is -3.04. The molecule has 3 aromatic carbocycles. The van der Waals surface area contributed by atoms with E-state index in [2.05, 4.69) is 6.58 Å². The molecule has 1 unspecified atom stereocenters. The molecule has 0 aromatic heterocycles. The van der Waals surface area contributed by atoms with Crippen LogP contribution >= 0.6 is 18.7 Å². The third-order valence-corrected chi connectivity index (χ3v) is 7.89. The summed E-state index contributed by atoms with van der Waals surface area (Å²) in [6.07, 6.45) is 0. The van der Waals surface area contributed by atoms with E-state index in [1.807, 2.05) is 91.0 Å². The van der Waals surface area contributed by atoms with Crippen molar-refractivity contribution in [3.8, 4) is 0 Å². The van der Waals surface area contributed by atoms with Gasteiger partial charge in [-0.15, -0.1) is 0 Å². The molecule has 3 rings (SSSR count). The molecule has 0 spiro atoms. The lowest BCUT2D eigenvalue weighted by Crippen LogP contribution is -2.21. The van der Waals surface area contributed by atoms with Gasteiger partial charge < -0.3 is 4.57 Å². The fourth-order valence-corrected chi connectivity index (χ4v) is 6.62. The molecule has 0 amide bonds. The summed E-state index contributed by atoms with van der Waals surface area (Å²) < 4.78 is 14.4. The first-order chi connectivity index (χ1) is 11.6. The number of hydrogen-bond acceptors (Lipinski definition) is 1. The summed E-state index contributed by atoms with van der Waals surface area (Å²) in [4.78, 5) is 0. The molecule has 120 valence electrons. The fraction of sp³-hybridized carbons (Fsp3) is 0.0476. The molecule has 0 aliphatic rings. The summed E-state index contributed by atoms with van der Waals surface area (Å²) in [6.45, 7) is 3.94. The predicted molar refractivity (Wildman–Crippen MR) is 104 cm³/mol. The van der Waals surface area contributed by atoms with Crippen molar-refractivity contribution in [3.63, 3.8) is 0 Å². The topological polar surface area (TPSA) is 17.1 Å². The van der Waals surface area contributed by atoms with Crippen molar-refractivity contribution in [1.82, 2.24) is 0 Å². The molecule has 0 bridgehead atoms. The number of benzene rings is 3. The van der Waals surface area contributed by atoms with Gasteiger partial charge in [-0.3, -0.25) is 0 Å². The van der Waals surface area contributed by atoms with Gasteiger partial charge in [0.2, 0.25) is 0 Å². The Kier molecular flexibility index (Phi) is 5.04. The van der Waals surface area contributed by atoms with E-state index in [0.717, 1.165) is 16.2 Å². The van der Waals surface area contributed by atoms with Gasteiger partial charge in [0.15, 0.2) is 7.14 Å². The molecule has 1 nitrogen and oxygen atoms in total. The Hall–Kier alpha value is -2.08. The summed E-state index contributed by atoms with van der Waals surface area (Å²) in [5, 5.41) is 1.95. The van der Waals surface area contributed by atoms with Crippen molar-refractivity contribution in [2.24, 2.45) is 0 Å².